The fourth-order valence-corrected chi connectivity index (χ4v) is 3.44. The van der Waals surface area contributed by atoms with E-state index in [9.17, 15) is 8.60 Å². The van der Waals surface area contributed by atoms with Gasteiger partial charge in [0.1, 0.15) is 5.82 Å². The number of hydrogen-bond acceptors (Lipinski definition) is 2. The molecular weight excluding hydrogens is 261 g/mol. The van der Waals surface area contributed by atoms with Gasteiger partial charge >= 0.3 is 0 Å². The number of benzene rings is 2. The van der Waals surface area contributed by atoms with Crippen LogP contribution in [-0.2, 0) is 10.8 Å². The van der Waals surface area contributed by atoms with Gasteiger partial charge in [-0.3, -0.25) is 4.21 Å². The highest BCUT2D eigenvalue weighted by atomic mass is 32.2. The van der Waals surface area contributed by atoms with E-state index in [4.69, 9.17) is 5.73 Å². The summed E-state index contributed by atoms with van der Waals surface area (Å²) in [6.07, 6.45) is 0.633. The van der Waals surface area contributed by atoms with Gasteiger partial charge in [0, 0.05) is 4.90 Å². The van der Waals surface area contributed by atoms with Crippen molar-refractivity contribution in [3.05, 3.63) is 66.0 Å². The van der Waals surface area contributed by atoms with Crippen molar-refractivity contribution in [3.63, 3.8) is 0 Å². The first-order chi connectivity index (χ1) is 9.22. The molecule has 0 spiro atoms. The van der Waals surface area contributed by atoms with Gasteiger partial charge in [-0.25, -0.2) is 4.39 Å². The number of hydrogen-bond donors (Lipinski definition) is 1. The molecule has 0 heterocycles. The molecule has 2 nitrogen and oxygen atoms in total. The highest BCUT2D eigenvalue weighted by molar-refractivity contribution is 7.85. The van der Waals surface area contributed by atoms with Crippen molar-refractivity contribution in [2.75, 3.05) is 6.54 Å². The maximum absolute atomic E-state index is 12.9. The smallest absolute Gasteiger partial charge is 0.123 e. The van der Waals surface area contributed by atoms with Crippen LogP contribution >= 0.6 is 0 Å². The van der Waals surface area contributed by atoms with E-state index in [1.54, 1.807) is 12.1 Å². The summed E-state index contributed by atoms with van der Waals surface area (Å²) in [5.74, 6) is -0.323. The Kier molecular flexibility index (Phi) is 4.82. The maximum Gasteiger partial charge on any atom is 0.123 e. The average molecular weight is 277 g/mol. The topological polar surface area (TPSA) is 43.1 Å². The van der Waals surface area contributed by atoms with E-state index < -0.39 is 10.8 Å². The second-order valence-electron chi connectivity index (χ2n) is 4.23. The number of halogens is 1. The van der Waals surface area contributed by atoms with Gasteiger partial charge < -0.3 is 5.73 Å². The third-order valence-corrected chi connectivity index (χ3v) is 4.67. The predicted molar refractivity (Wildman–Crippen MR) is 75.7 cm³/mol. The average Bonchev–Trinajstić information content (AvgIpc) is 2.46. The van der Waals surface area contributed by atoms with Crippen molar-refractivity contribution in [1.29, 1.82) is 0 Å². The van der Waals surface area contributed by atoms with Crippen molar-refractivity contribution in [2.45, 2.75) is 16.6 Å². The molecule has 4 heteroatoms. The Morgan fingerprint density at radius 2 is 1.68 bits per heavy atom. The molecule has 0 bridgehead atoms. The van der Waals surface area contributed by atoms with Crippen molar-refractivity contribution in [3.8, 4) is 0 Å². The molecule has 0 saturated heterocycles. The third-order valence-electron chi connectivity index (χ3n) is 2.90. The Hall–Kier alpha value is -1.52. The zero-order valence-corrected chi connectivity index (χ0v) is 11.3. The van der Waals surface area contributed by atoms with E-state index in [0.717, 1.165) is 5.56 Å². The molecule has 0 aromatic heterocycles. The van der Waals surface area contributed by atoms with Crippen LogP contribution in [0.15, 0.2) is 59.5 Å². The van der Waals surface area contributed by atoms with Gasteiger partial charge in [0.25, 0.3) is 0 Å². The molecule has 0 aliphatic heterocycles. The maximum atomic E-state index is 12.9. The van der Waals surface area contributed by atoms with Crippen molar-refractivity contribution in [2.24, 2.45) is 5.73 Å². The normalized spacial score (nSPS) is 14.0. The Labute approximate surface area is 114 Å². The van der Waals surface area contributed by atoms with Crippen LogP contribution < -0.4 is 5.73 Å². The van der Waals surface area contributed by atoms with Crippen LogP contribution in [0, 0.1) is 5.82 Å². The van der Waals surface area contributed by atoms with E-state index in [-0.39, 0.29) is 11.1 Å². The highest BCUT2D eigenvalue weighted by Gasteiger charge is 2.19. The molecule has 0 saturated carbocycles. The summed E-state index contributed by atoms with van der Waals surface area (Å²) in [5, 5.41) is -0.156. The number of nitrogens with two attached hydrogens (primary N) is 1. The highest BCUT2D eigenvalue weighted by Crippen LogP contribution is 2.27. The van der Waals surface area contributed by atoms with Crippen LogP contribution in [0.4, 0.5) is 4.39 Å². The van der Waals surface area contributed by atoms with E-state index in [1.165, 1.54) is 12.1 Å². The van der Waals surface area contributed by atoms with Gasteiger partial charge in [0.2, 0.25) is 0 Å². The van der Waals surface area contributed by atoms with E-state index in [2.05, 4.69) is 0 Å². The Morgan fingerprint density at radius 3 is 2.26 bits per heavy atom. The van der Waals surface area contributed by atoms with E-state index in [0.29, 0.717) is 17.9 Å². The minimum atomic E-state index is -1.23. The van der Waals surface area contributed by atoms with E-state index in [1.807, 2.05) is 30.3 Å². The molecule has 0 radical (unpaired) electrons. The molecule has 19 heavy (non-hydrogen) atoms. The molecule has 0 fully saturated rings. The second-order valence-corrected chi connectivity index (χ2v) is 5.86. The first-order valence-electron chi connectivity index (χ1n) is 6.13. The van der Waals surface area contributed by atoms with Crippen LogP contribution in [0.25, 0.3) is 0 Å². The Morgan fingerprint density at radius 1 is 1.05 bits per heavy atom. The van der Waals surface area contributed by atoms with Crippen LogP contribution in [0.3, 0.4) is 0 Å². The molecule has 2 rings (SSSR count). The van der Waals surface area contributed by atoms with Crippen LogP contribution in [0.2, 0.25) is 0 Å². The first-order valence-corrected chi connectivity index (χ1v) is 7.35. The lowest BCUT2D eigenvalue weighted by molar-refractivity contribution is 0.625. The van der Waals surface area contributed by atoms with Crippen molar-refractivity contribution < 1.29 is 8.60 Å². The molecule has 0 aliphatic rings. The van der Waals surface area contributed by atoms with Gasteiger partial charge in [0.15, 0.2) is 0 Å². The zero-order valence-electron chi connectivity index (χ0n) is 10.5. The van der Waals surface area contributed by atoms with Crippen molar-refractivity contribution in [1.82, 2.24) is 0 Å². The molecule has 2 atom stereocenters. The minimum absolute atomic E-state index is 0.156. The van der Waals surface area contributed by atoms with Gasteiger partial charge in [-0.15, -0.1) is 0 Å². The zero-order chi connectivity index (χ0) is 13.7. The van der Waals surface area contributed by atoms with Gasteiger partial charge in [-0.2, -0.15) is 0 Å². The Balaban J connectivity index is 2.29. The van der Waals surface area contributed by atoms with Crippen LogP contribution in [-0.4, -0.2) is 10.8 Å². The van der Waals surface area contributed by atoms with E-state index >= 15 is 0 Å². The van der Waals surface area contributed by atoms with Gasteiger partial charge in [-0.1, -0.05) is 30.3 Å². The number of rotatable bonds is 5. The lowest BCUT2D eigenvalue weighted by Crippen LogP contribution is -2.12. The van der Waals surface area contributed by atoms with Gasteiger partial charge in [0.05, 0.1) is 16.0 Å². The molecule has 100 valence electrons. The molecular formula is C15H16FNOS. The monoisotopic (exact) mass is 277 g/mol. The van der Waals surface area contributed by atoms with Crippen LogP contribution in [0.1, 0.15) is 17.2 Å². The molecule has 0 aliphatic carbocycles. The molecule has 2 unspecified atom stereocenters. The first kappa shape index (κ1) is 13.9. The molecule has 0 amide bonds. The van der Waals surface area contributed by atoms with Gasteiger partial charge in [-0.05, 0) is 42.8 Å². The SMILES string of the molecule is NCCC(c1ccccc1)S(=O)c1ccc(F)cc1. The standard InChI is InChI=1S/C15H16FNOS/c16-13-6-8-14(9-7-13)19(18)15(10-11-17)12-4-2-1-3-5-12/h1-9,15H,10-11,17H2. The summed E-state index contributed by atoms with van der Waals surface area (Å²) in [7, 11) is -1.23. The second kappa shape index (κ2) is 6.59. The van der Waals surface area contributed by atoms with Crippen molar-refractivity contribution >= 4 is 10.8 Å². The summed E-state index contributed by atoms with van der Waals surface area (Å²) < 4.78 is 25.5. The lowest BCUT2D eigenvalue weighted by atomic mass is 10.1. The molecule has 2 N–H and O–H groups in total. The van der Waals surface area contributed by atoms with Crippen LogP contribution in [0.5, 0.6) is 0 Å². The fraction of sp³-hybridized carbons (Fsp3) is 0.200. The summed E-state index contributed by atoms with van der Waals surface area (Å²) >= 11 is 0. The fourth-order valence-electron chi connectivity index (χ4n) is 1.95. The minimum Gasteiger partial charge on any atom is -0.330 e. The third kappa shape index (κ3) is 3.49. The molecule has 2 aromatic rings. The molecule has 2 aromatic carbocycles. The quantitative estimate of drug-likeness (QED) is 0.913. The summed E-state index contributed by atoms with van der Waals surface area (Å²) in [5.41, 5.74) is 6.61. The lowest BCUT2D eigenvalue weighted by Gasteiger charge is -2.16. The summed E-state index contributed by atoms with van der Waals surface area (Å²) in [6.45, 7) is 0.465. The Bertz CT molecular complexity index is 542. The summed E-state index contributed by atoms with van der Waals surface area (Å²) in [6, 6.07) is 15.4. The largest absolute Gasteiger partial charge is 0.330 e. The predicted octanol–water partition coefficient (Wildman–Crippen LogP) is 3.02. The summed E-state index contributed by atoms with van der Waals surface area (Å²) in [4.78, 5) is 0.628.